The van der Waals surface area contributed by atoms with Crippen molar-refractivity contribution in [1.29, 1.82) is 0 Å². The van der Waals surface area contributed by atoms with Gasteiger partial charge in [0, 0.05) is 22.7 Å². The summed E-state index contributed by atoms with van der Waals surface area (Å²) in [5.74, 6) is -0.403. The Hall–Kier alpha value is -3.71. The van der Waals surface area contributed by atoms with Gasteiger partial charge in [-0.2, -0.15) is 0 Å². The van der Waals surface area contributed by atoms with Gasteiger partial charge in [-0.25, -0.2) is 4.79 Å². The highest BCUT2D eigenvalue weighted by Gasteiger charge is 2.30. The molecule has 1 atom stereocenters. The van der Waals surface area contributed by atoms with Crippen molar-refractivity contribution in [3.8, 4) is 21.8 Å². The highest BCUT2D eigenvalue weighted by molar-refractivity contribution is 7.68. The van der Waals surface area contributed by atoms with E-state index in [1.807, 2.05) is 68.4 Å². The lowest BCUT2D eigenvalue weighted by atomic mass is 10.1. The van der Waals surface area contributed by atoms with Crippen molar-refractivity contribution in [2.75, 3.05) is 11.7 Å². The van der Waals surface area contributed by atoms with Gasteiger partial charge in [0.1, 0.15) is 16.2 Å². The van der Waals surface area contributed by atoms with Gasteiger partial charge in [0.2, 0.25) is 0 Å². The van der Waals surface area contributed by atoms with E-state index in [-0.39, 0.29) is 17.2 Å². The van der Waals surface area contributed by atoms with Gasteiger partial charge in [-0.3, -0.25) is 9.55 Å². The Morgan fingerprint density at radius 3 is 2.51 bits per heavy atom. The summed E-state index contributed by atoms with van der Waals surface area (Å²) in [4.78, 5) is 17.2. The maximum Gasteiger partial charge on any atom is 0.348 e. The summed E-state index contributed by atoms with van der Waals surface area (Å²) in [6.45, 7) is 5.79. The second-order valence-corrected chi connectivity index (χ2v) is 11.7. The number of carboxylic acid groups (broad SMARTS) is 1. The molecule has 0 aliphatic heterocycles. The summed E-state index contributed by atoms with van der Waals surface area (Å²) in [6, 6.07) is 20.5. The molecule has 7 nitrogen and oxygen atoms in total. The second kappa shape index (κ2) is 9.98. The molecule has 0 radical (unpaired) electrons. The molecule has 37 heavy (non-hydrogen) atoms. The number of pyridine rings is 1. The predicted molar refractivity (Wildman–Crippen MR) is 148 cm³/mol. The number of benzene rings is 2. The number of carbonyl (C=O) groups is 1. The van der Waals surface area contributed by atoms with Gasteiger partial charge in [-0.05, 0) is 56.2 Å². The number of fused-ring (bicyclic) bond motifs is 1. The van der Waals surface area contributed by atoms with Crippen LogP contribution in [0.2, 0.25) is 0 Å². The van der Waals surface area contributed by atoms with Crippen LogP contribution >= 0.6 is 18.9 Å². The van der Waals surface area contributed by atoms with E-state index in [1.165, 1.54) is 0 Å². The second-order valence-electron chi connectivity index (χ2n) is 8.60. The van der Waals surface area contributed by atoms with Crippen molar-refractivity contribution in [2.45, 2.75) is 20.8 Å². The third-order valence-corrected chi connectivity index (χ3v) is 9.38. The van der Waals surface area contributed by atoms with Crippen molar-refractivity contribution in [3.05, 3.63) is 88.9 Å². The lowest BCUT2D eigenvalue weighted by Crippen LogP contribution is -2.18. The standard InChI is InChI=1S/C28H25N2O5PS/c1-4-34-36(33,25-12-7-17(2)14-18(25)3)30-22-16-26(37-27(22)28(31)32)20-10-8-19(9-11-20)24-15-21-23(35-24)6-5-13-29-21/h5-16H,4H2,1-3H3,(H,30,33)(H,31,32). The number of nitrogens with one attached hydrogen (secondary N) is 1. The minimum Gasteiger partial charge on any atom is -0.477 e. The van der Waals surface area contributed by atoms with Gasteiger partial charge in [0.15, 0.2) is 5.58 Å². The molecule has 0 aliphatic carbocycles. The Kier molecular flexibility index (Phi) is 6.73. The fourth-order valence-corrected chi connectivity index (χ4v) is 7.24. The highest BCUT2D eigenvalue weighted by Crippen LogP contribution is 2.49. The number of rotatable bonds is 8. The van der Waals surface area contributed by atoms with Crippen LogP contribution in [0.1, 0.15) is 27.7 Å². The van der Waals surface area contributed by atoms with Crippen LogP contribution in [0.25, 0.3) is 32.9 Å². The minimum atomic E-state index is -3.58. The largest absolute Gasteiger partial charge is 0.477 e. The normalized spacial score (nSPS) is 12.9. The SMILES string of the molecule is CCOP(=O)(Nc1cc(-c2ccc(-c3cc4ncccc4o3)cc2)sc1C(=O)O)c1ccc(C)cc1C. The number of aromatic nitrogens is 1. The third kappa shape index (κ3) is 4.96. The Bertz CT molecular complexity index is 1620. The molecule has 0 saturated heterocycles. The van der Waals surface area contributed by atoms with Gasteiger partial charge >= 0.3 is 13.5 Å². The van der Waals surface area contributed by atoms with Crippen LogP contribution in [0.3, 0.4) is 0 Å². The third-order valence-electron chi connectivity index (χ3n) is 5.92. The molecule has 2 N–H and O–H groups in total. The smallest absolute Gasteiger partial charge is 0.348 e. The molecular formula is C28H25N2O5PS. The number of hydrogen-bond acceptors (Lipinski definition) is 6. The van der Waals surface area contributed by atoms with Gasteiger partial charge in [0.25, 0.3) is 0 Å². The van der Waals surface area contributed by atoms with Gasteiger partial charge in [0.05, 0.1) is 17.6 Å². The first-order valence-electron chi connectivity index (χ1n) is 11.7. The Morgan fingerprint density at radius 1 is 1.08 bits per heavy atom. The highest BCUT2D eigenvalue weighted by atomic mass is 32.1. The van der Waals surface area contributed by atoms with Crippen LogP contribution < -0.4 is 10.4 Å². The molecule has 9 heteroatoms. The van der Waals surface area contributed by atoms with Crippen LogP contribution in [0.4, 0.5) is 5.69 Å². The number of aryl methyl sites for hydroxylation is 2. The van der Waals surface area contributed by atoms with Crippen molar-refractivity contribution in [1.82, 2.24) is 4.98 Å². The topological polar surface area (TPSA) is 102 Å². The lowest BCUT2D eigenvalue weighted by Gasteiger charge is -2.22. The first-order valence-corrected chi connectivity index (χ1v) is 14.1. The number of nitrogens with zero attached hydrogens (tertiary/aromatic N) is 1. The number of hydrogen-bond donors (Lipinski definition) is 2. The zero-order valence-corrected chi connectivity index (χ0v) is 22.2. The van der Waals surface area contributed by atoms with E-state index in [9.17, 15) is 14.5 Å². The number of aromatic carboxylic acids is 1. The van der Waals surface area contributed by atoms with Crippen LogP contribution in [-0.2, 0) is 9.09 Å². The average molecular weight is 533 g/mol. The van der Waals surface area contributed by atoms with E-state index in [0.717, 1.165) is 44.0 Å². The molecule has 5 aromatic rings. The summed E-state index contributed by atoms with van der Waals surface area (Å²) in [7, 11) is -3.58. The molecular weight excluding hydrogens is 507 g/mol. The van der Waals surface area contributed by atoms with Gasteiger partial charge in [-0.15, -0.1) is 11.3 Å². The van der Waals surface area contributed by atoms with Gasteiger partial charge < -0.3 is 19.1 Å². The molecule has 0 spiro atoms. The molecule has 5 rings (SSSR count). The monoisotopic (exact) mass is 532 g/mol. The Labute approximate surface area is 218 Å². The van der Waals surface area contributed by atoms with E-state index in [0.29, 0.717) is 16.6 Å². The summed E-state index contributed by atoms with van der Waals surface area (Å²) >= 11 is 1.11. The molecule has 0 aliphatic rings. The van der Waals surface area contributed by atoms with Crippen molar-refractivity contribution < 1.29 is 23.4 Å². The molecule has 3 heterocycles. The number of thiophene rings is 1. The predicted octanol–water partition coefficient (Wildman–Crippen LogP) is 7.51. The number of furan rings is 1. The van der Waals surface area contributed by atoms with E-state index in [2.05, 4.69) is 10.1 Å². The molecule has 1 unspecified atom stereocenters. The summed E-state index contributed by atoms with van der Waals surface area (Å²) in [5.41, 5.74) is 5.32. The summed E-state index contributed by atoms with van der Waals surface area (Å²) < 4.78 is 25.6. The number of anilines is 1. The molecule has 2 aromatic carbocycles. The van der Waals surface area contributed by atoms with E-state index < -0.39 is 13.5 Å². The van der Waals surface area contributed by atoms with Crippen LogP contribution in [0.15, 0.2) is 77.3 Å². The molecule has 0 amide bonds. The van der Waals surface area contributed by atoms with Crippen LogP contribution in [0, 0.1) is 13.8 Å². The molecule has 3 aromatic heterocycles. The van der Waals surface area contributed by atoms with E-state index in [1.54, 1.807) is 25.3 Å². The Morgan fingerprint density at radius 2 is 1.84 bits per heavy atom. The van der Waals surface area contributed by atoms with Crippen molar-refractivity contribution in [2.24, 2.45) is 0 Å². The van der Waals surface area contributed by atoms with E-state index >= 15 is 0 Å². The number of carboxylic acids is 1. The maximum absolute atomic E-state index is 14.0. The summed E-state index contributed by atoms with van der Waals surface area (Å²) in [5, 5.41) is 13.4. The first-order chi connectivity index (χ1) is 17.8. The molecule has 0 bridgehead atoms. The average Bonchev–Trinajstić information content (AvgIpc) is 3.48. The van der Waals surface area contributed by atoms with Gasteiger partial charge in [-0.1, -0.05) is 42.0 Å². The molecule has 0 saturated carbocycles. The maximum atomic E-state index is 14.0. The van der Waals surface area contributed by atoms with E-state index in [4.69, 9.17) is 8.94 Å². The lowest BCUT2D eigenvalue weighted by molar-refractivity contribution is 0.0703. The Balaban J connectivity index is 1.48. The quantitative estimate of drug-likeness (QED) is 0.199. The van der Waals surface area contributed by atoms with Crippen molar-refractivity contribution in [3.63, 3.8) is 0 Å². The zero-order valence-electron chi connectivity index (χ0n) is 20.5. The van der Waals surface area contributed by atoms with Crippen LogP contribution in [-0.4, -0.2) is 22.7 Å². The fourth-order valence-electron chi connectivity index (χ4n) is 4.22. The molecule has 188 valence electrons. The molecule has 0 fully saturated rings. The fraction of sp³-hybridized carbons (Fsp3) is 0.143. The zero-order chi connectivity index (χ0) is 26.2. The first kappa shape index (κ1) is 25.0. The summed E-state index contributed by atoms with van der Waals surface area (Å²) in [6.07, 6.45) is 1.72. The van der Waals surface area contributed by atoms with Crippen LogP contribution in [0.5, 0.6) is 0 Å². The van der Waals surface area contributed by atoms with Crippen molar-refractivity contribution >= 4 is 46.9 Å². The minimum absolute atomic E-state index is 0.0622.